The first-order chi connectivity index (χ1) is 5.84. The number of ether oxygens (including phenoxy) is 1. The first-order valence-electron chi connectivity index (χ1n) is 4.56. The molecule has 13 heavy (non-hydrogen) atoms. The van der Waals surface area contributed by atoms with E-state index in [2.05, 4.69) is 0 Å². The average molecular weight is 186 g/mol. The van der Waals surface area contributed by atoms with Gasteiger partial charge in [0.25, 0.3) is 0 Å². The Morgan fingerprint density at radius 1 is 1.38 bits per heavy atom. The van der Waals surface area contributed by atoms with Crippen LogP contribution in [0, 0.1) is 0 Å². The molecule has 3 nitrogen and oxygen atoms in total. The van der Waals surface area contributed by atoms with E-state index in [4.69, 9.17) is 4.74 Å². The summed E-state index contributed by atoms with van der Waals surface area (Å²) in [6.07, 6.45) is 2.35. The van der Waals surface area contributed by atoms with Gasteiger partial charge in [0.1, 0.15) is 17.3 Å². The first-order valence-corrected chi connectivity index (χ1v) is 4.56. The zero-order chi connectivity index (χ0) is 10.3. The molecular formula is C10H18O3. The highest BCUT2D eigenvalue weighted by molar-refractivity contribution is 5.14. The Bertz CT molecular complexity index is 222. The quantitative estimate of drug-likeness (QED) is 0.597. The fraction of sp³-hybridized carbons (Fsp3) is 0.800. The molecule has 0 saturated carbocycles. The van der Waals surface area contributed by atoms with Crippen LogP contribution in [-0.2, 0) is 4.74 Å². The molecule has 0 amide bonds. The van der Waals surface area contributed by atoms with Crippen LogP contribution >= 0.6 is 0 Å². The molecule has 2 N–H and O–H groups in total. The maximum atomic E-state index is 9.88. The van der Waals surface area contributed by atoms with Crippen molar-refractivity contribution in [3.63, 3.8) is 0 Å². The highest BCUT2D eigenvalue weighted by atomic mass is 16.6. The molecule has 0 spiro atoms. The fourth-order valence-corrected chi connectivity index (χ4v) is 1.83. The van der Waals surface area contributed by atoms with Crippen LogP contribution in [0.5, 0.6) is 0 Å². The Kier molecular flexibility index (Phi) is 2.54. The second-order valence-corrected chi connectivity index (χ2v) is 4.07. The molecule has 1 aliphatic rings. The van der Waals surface area contributed by atoms with Gasteiger partial charge in [-0.25, -0.2) is 0 Å². The average Bonchev–Trinajstić information content (AvgIpc) is 2.14. The normalized spacial score (nSPS) is 51.8. The van der Waals surface area contributed by atoms with Crippen molar-refractivity contribution < 1.29 is 14.9 Å². The number of hydrogen-bond donors (Lipinski definition) is 2. The van der Waals surface area contributed by atoms with E-state index in [1.165, 1.54) is 0 Å². The van der Waals surface area contributed by atoms with Crippen LogP contribution in [0.25, 0.3) is 0 Å². The molecule has 0 aromatic carbocycles. The minimum atomic E-state index is -1.17. The van der Waals surface area contributed by atoms with Gasteiger partial charge in [-0.2, -0.15) is 0 Å². The van der Waals surface area contributed by atoms with Gasteiger partial charge in [0, 0.05) is 0 Å². The van der Waals surface area contributed by atoms with Crippen molar-refractivity contribution in [2.24, 2.45) is 0 Å². The van der Waals surface area contributed by atoms with Gasteiger partial charge >= 0.3 is 0 Å². The third-order valence-electron chi connectivity index (χ3n) is 2.85. The molecule has 1 rings (SSSR count). The summed E-state index contributed by atoms with van der Waals surface area (Å²) in [6.45, 7) is 6.99. The molecule has 0 aromatic rings. The lowest BCUT2D eigenvalue weighted by Crippen LogP contribution is -2.47. The molecule has 1 fully saturated rings. The van der Waals surface area contributed by atoms with Gasteiger partial charge in [-0.3, -0.25) is 0 Å². The number of aliphatic hydroxyl groups excluding tert-OH is 1. The predicted octanol–water partition coefficient (Wildman–Crippen LogP) is 0.852. The van der Waals surface area contributed by atoms with Crippen LogP contribution in [0.3, 0.4) is 0 Å². The number of aliphatic hydroxyl groups is 2. The van der Waals surface area contributed by atoms with Gasteiger partial charge in [-0.1, -0.05) is 12.2 Å². The summed E-state index contributed by atoms with van der Waals surface area (Å²) in [6, 6.07) is 0. The van der Waals surface area contributed by atoms with E-state index in [0.29, 0.717) is 0 Å². The van der Waals surface area contributed by atoms with Crippen molar-refractivity contribution in [3.8, 4) is 0 Å². The zero-order valence-electron chi connectivity index (χ0n) is 8.61. The van der Waals surface area contributed by atoms with Crippen LogP contribution in [0.4, 0.5) is 0 Å². The van der Waals surface area contributed by atoms with E-state index in [9.17, 15) is 10.2 Å². The molecule has 1 heterocycles. The van der Waals surface area contributed by atoms with Crippen molar-refractivity contribution in [3.05, 3.63) is 12.2 Å². The number of rotatable bonds is 1. The summed E-state index contributed by atoms with van der Waals surface area (Å²) in [5.74, 6) is 0. The molecule has 0 bridgehead atoms. The van der Waals surface area contributed by atoms with E-state index in [-0.39, 0.29) is 6.10 Å². The van der Waals surface area contributed by atoms with E-state index in [1.807, 2.05) is 13.0 Å². The standard InChI is InChI=1S/C10H18O3/c1-5-6-9(3)8(11)10(4,12)7(2)13-9/h5-8,11-12H,1-4H3/b6-5+/t7-,8-,9+,10-/m1/s1. The molecule has 76 valence electrons. The summed E-state index contributed by atoms with van der Waals surface area (Å²) in [5, 5.41) is 19.7. The Morgan fingerprint density at radius 2 is 1.92 bits per heavy atom. The number of allylic oxidation sites excluding steroid dienone is 1. The van der Waals surface area contributed by atoms with Crippen LogP contribution in [0.1, 0.15) is 27.7 Å². The van der Waals surface area contributed by atoms with E-state index >= 15 is 0 Å². The lowest BCUT2D eigenvalue weighted by molar-refractivity contribution is -0.0579. The molecule has 0 unspecified atom stereocenters. The van der Waals surface area contributed by atoms with Gasteiger partial charge in [-0.15, -0.1) is 0 Å². The van der Waals surface area contributed by atoms with Gasteiger partial charge < -0.3 is 14.9 Å². The van der Waals surface area contributed by atoms with Gasteiger partial charge in [0.2, 0.25) is 0 Å². The van der Waals surface area contributed by atoms with Gasteiger partial charge in [0.05, 0.1) is 6.10 Å². The van der Waals surface area contributed by atoms with Crippen LogP contribution in [0.15, 0.2) is 12.2 Å². The topological polar surface area (TPSA) is 49.7 Å². The van der Waals surface area contributed by atoms with E-state index in [1.54, 1.807) is 26.8 Å². The Labute approximate surface area is 79.0 Å². The molecule has 1 saturated heterocycles. The van der Waals surface area contributed by atoms with Gasteiger partial charge in [-0.05, 0) is 27.7 Å². The minimum absolute atomic E-state index is 0.358. The predicted molar refractivity (Wildman–Crippen MR) is 50.4 cm³/mol. The van der Waals surface area contributed by atoms with E-state index in [0.717, 1.165) is 0 Å². The number of hydrogen-bond acceptors (Lipinski definition) is 3. The Hall–Kier alpha value is -0.380. The third-order valence-corrected chi connectivity index (χ3v) is 2.85. The van der Waals surface area contributed by atoms with Crippen molar-refractivity contribution in [1.82, 2.24) is 0 Å². The summed E-state index contributed by atoms with van der Waals surface area (Å²) in [5.41, 5.74) is -1.94. The van der Waals surface area contributed by atoms with Crippen LogP contribution in [0.2, 0.25) is 0 Å². The Balaban J connectivity index is 2.96. The largest absolute Gasteiger partial charge is 0.387 e. The highest BCUT2D eigenvalue weighted by Crippen LogP contribution is 2.38. The first kappa shape index (κ1) is 10.7. The molecule has 1 aliphatic heterocycles. The summed E-state index contributed by atoms with van der Waals surface area (Å²) >= 11 is 0. The second kappa shape index (κ2) is 3.08. The smallest absolute Gasteiger partial charge is 0.117 e. The second-order valence-electron chi connectivity index (χ2n) is 4.07. The lowest BCUT2D eigenvalue weighted by Gasteiger charge is -2.27. The molecule has 0 aliphatic carbocycles. The maximum Gasteiger partial charge on any atom is 0.117 e. The minimum Gasteiger partial charge on any atom is -0.387 e. The van der Waals surface area contributed by atoms with Crippen molar-refractivity contribution in [2.45, 2.75) is 51.1 Å². The van der Waals surface area contributed by atoms with Crippen molar-refractivity contribution in [2.75, 3.05) is 0 Å². The highest BCUT2D eigenvalue weighted by Gasteiger charge is 2.55. The van der Waals surface area contributed by atoms with Crippen molar-refractivity contribution in [1.29, 1.82) is 0 Å². The van der Waals surface area contributed by atoms with Crippen molar-refractivity contribution >= 4 is 0 Å². The molecule has 0 aromatic heterocycles. The fourth-order valence-electron chi connectivity index (χ4n) is 1.83. The summed E-state index contributed by atoms with van der Waals surface area (Å²) in [7, 11) is 0. The SMILES string of the molecule is C/C=C/[C@]1(C)O[C@H](C)[C@@](C)(O)[C@@H]1O. The summed E-state index contributed by atoms with van der Waals surface area (Å²) in [4.78, 5) is 0. The lowest BCUT2D eigenvalue weighted by atomic mass is 9.87. The molecular weight excluding hydrogens is 168 g/mol. The van der Waals surface area contributed by atoms with E-state index < -0.39 is 17.3 Å². The third kappa shape index (κ3) is 1.52. The molecule has 3 heteroatoms. The zero-order valence-corrected chi connectivity index (χ0v) is 8.61. The van der Waals surface area contributed by atoms with Gasteiger partial charge in [0.15, 0.2) is 0 Å². The van der Waals surface area contributed by atoms with Crippen LogP contribution in [-0.4, -0.2) is 33.6 Å². The summed E-state index contributed by atoms with van der Waals surface area (Å²) < 4.78 is 5.53. The van der Waals surface area contributed by atoms with Crippen LogP contribution < -0.4 is 0 Å². The maximum absolute atomic E-state index is 9.88. The monoisotopic (exact) mass is 186 g/mol. The Morgan fingerprint density at radius 3 is 2.23 bits per heavy atom. The molecule has 4 atom stereocenters. The molecule has 0 radical (unpaired) electrons.